The molecule has 7 heteroatoms. The molecule has 0 bridgehead atoms. The third kappa shape index (κ3) is 3.42. The zero-order chi connectivity index (χ0) is 22.4. The van der Waals surface area contributed by atoms with E-state index in [-0.39, 0.29) is 36.2 Å². The normalized spacial score (nSPS) is 23.7. The van der Waals surface area contributed by atoms with E-state index in [1.54, 1.807) is 4.90 Å². The minimum atomic E-state index is -0.782. The minimum absolute atomic E-state index is 0.0393. The summed E-state index contributed by atoms with van der Waals surface area (Å²) in [6.07, 6.45) is -0.170. The molecule has 3 unspecified atom stereocenters. The van der Waals surface area contributed by atoms with Crippen LogP contribution in [0.3, 0.4) is 0 Å². The standard InChI is InChI=1S/C25H26N2O5/c1-2-21(23(28)27-11-18-19(12-27)22(18)24(29)30)26-25(31)32-13-20-16-9-5-3-7-14(16)15-8-4-6-10-17(15)20/h3-10,18-22H,2,11-13H2,1H3,(H,26,31)(H,29,30). The van der Waals surface area contributed by atoms with Crippen molar-refractivity contribution in [2.24, 2.45) is 17.8 Å². The summed E-state index contributed by atoms with van der Waals surface area (Å²) in [5, 5.41) is 11.9. The quantitative estimate of drug-likeness (QED) is 0.728. The Hall–Kier alpha value is -3.35. The van der Waals surface area contributed by atoms with E-state index >= 15 is 0 Å². The number of hydrogen-bond donors (Lipinski definition) is 2. The highest BCUT2D eigenvalue weighted by Gasteiger charge is 2.60. The van der Waals surface area contributed by atoms with Crippen LogP contribution in [0.15, 0.2) is 48.5 Å². The van der Waals surface area contributed by atoms with E-state index in [4.69, 9.17) is 9.84 Å². The summed E-state index contributed by atoms with van der Waals surface area (Å²) in [5.74, 6) is -1.23. The van der Waals surface area contributed by atoms with Crippen molar-refractivity contribution in [1.82, 2.24) is 10.2 Å². The van der Waals surface area contributed by atoms with E-state index in [1.165, 1.54) is 0 Å². The molecular formula is C25H26N2O5. The van der Waals surface area contributed by atoms with Gasteiger partial charge in [-0.25, -0.2) is 4.79 Å². The second-order valence-corrected chi connectivity index (χ2v) is 8.87. The first-order valence-corrected chi connectivity index (χ1v) is 11.1. The SMILES string of the molecule is CCC(NC(=O)OCC1c2ccccc2-c2ccccc21)C(=O)N1CC2C(C1)C2C(=O)O. The van der Waals surface area contributed by atoms with Gasteiger partial charge in [0, 0.05) is 19.0 Å². The lowest BCUT2D eigenvalue weighted by molar-refractivity contribution is -0.141. The summed E-state index contributed by atoms with van der Waals surface area (Å²) in [6.45, 7) is 2.93. The van der Waals surface area contributed by atoms with Gasteiger partial charge in [0.2, 0.25) is 5.91 Å². The van der Waals surface area contributed by atoms with E-state index in [0.717, 1.165) is 22.3 Å². The number of carboxylic acids is 1. The first kappa shape index (κ1) is 20.5. The molecule has 2 aliphatic carbocycles. The van der Waals surface area contributed by atoms with Crippen LogP contribution in [0.25, 0.3) is 11.1 Å². The lowest BCUT2D eigenvalue weighted by Crippen LogP contribution is -2.48. The minimum Gasteiger partial charge on any atom is -0.481 e. The van der Waals surface area contributed by atoms with Crippen LogP contribution in [0.4, 0.5) is 4.79 Å². The summed E-state index contributed by atoms with van der Waals surface area (Å²) in [4.78, 5) is 38.2. The smallest absolute Gasteiger partial charge is 0.407 e. The van der Waals surface area contributed by atoms with Crippen molar-refractivity contribution in [2.45, 2.75) is 25.3 Å². The van der Waals surface area contributed by atoms with Gasteiger partial charge >= 0.3 is 12.1 Å². The number of likely N-dealkylation sites (tertiary alicyclic amines) is 1. The van der Waals surface area contributed by atoms with Crippen LogP contribution in [-0.2, 0) is 14.3 Å². The summed E-state index contributed by atoms with van der Waals surface area (Å²) >= 11 is 0. The molecule has 32 heavy (non-hydrogen) atoms. The van der Waals surface area contributed by atoms with E-state index < -0.39 is 18.1 Å². The summed E-state index contributed by atoms with van der Waals surface area (Å²) in [7, 11) is 0. The molecule has 1 saturated carbocycles. The molecule has 3 atom stereocenters. The fourth-order valence-electron chi connectivity index (χ4n) is 5.41. The Morgan fingerprint density at radius 3 is 2.12 bits per heavy atom. The van der Waals surface area contributed by atoms with Gasteiger partial charge in [-0.3, -0.25) is 9.59 Å². The molecule has 2 aromatic carbocycles. The third-order valence-corrected chi connectivity index (χ3v) is 7.13. The summed E-state index contributed by atoms with van der Waals surface area (Å²) in [6, 6.07) is 15.6. The number of piperidine rings is 1. The van der Waals surface area contributed by atoms with Crippen LogP contribution < -0.4 is 5.32 Å². The van der Waals surface area contributed by atoms with Crippen molar-refractivity contribution in [3.63, 3.8) is 0 Å². The van der Waals surface area contributed by atoms with Gasteiger partial charge in [-0.15, -0.1) is 0 Å². The summed E-state index contributed by atoms with van der Waals surface area (Å²) < 4.78 is 5.56. The molecule has 1 aliphatic heterocycles. The topological polar surface area (TPSA) is 95.9 Å². The molecule has 2 aromatic rings. The number of fused-ring (bicyclic) bond motifs is 4. The van der Waals surface area contributed by atoms with Gasteiger partial charge in [-0.05, 0) is 40.5 Å². The molecule has 2 N–H and O–H groups in total. The molecule has 0 aromatic heterocycles. The Morgan fingerprint density at radius 1 is 1.03 bits per heavy atom. The van der Waals surface area contributed by atoms with Gasteiger partial charge < -0.3 is 20.1 Å². The zero-order valence-corrected chi connectivity index (χ0v) is 17.9. The number of amides is 2. The zero-order valence-electron chi connectivity index (χ0n) is 17.9. The number of aliphatic carboxylic acids is 1. The molecule has 5 rings (SSSR count). The van der Waals surface area contributed by atoms with Crippen molar-refractivity contribution in [3.05, 3.63) is 59.7 Å². The number of hydrogen-bond acceptors (Lipinski definition) is 4. The number of nitrogens with one attached hydrogen (secondary N) is 1. The molecule has 1 saturated heterocycles. The highest BCUT2D eigenvalue weighted by Crippen LogP contribution is 2.51. The molecule has 2 amide bonds. The number of ether oxygens (including phenoxy) is 1. The summed E-state index contributed by atoms with van der Waals surface area (Å²) in [5.41, 5.74) is 4.58. The number of carboxylic acid groups (broad SMARTS) is 1. The van der Waals surface area contributed by atoms with Gasteiger partial charge in [0.25, 0.3) is 0 Å². The van der Waals surface area contributed by atoms with Gasteiger partial charge in [0.05, 0.1) is 5.92 Å². The van der Waals surface area contributed by atoms with Crippen LogP contribution in [0.2, 0.25) is 0 Å². The van der Waals surface area contributed by atoms with Crippen molar-refractivity contribution in [1.29, 1.82) is 0 Å². The van der Waals surface area contributed by atoms with Gasteiger partial charge in [-0.2, -0.15) is 0 Å². The van der Waals surface area contributed by atoms with Crippen molar-refractivity contribution in [2.75, 3.05) is 19.7 Å². The fraction of sp³-hybridized carbons (Fsp3) is 0.400. The first-order chi connectivity index (χ1) is 15.5. The largest absolute Gasteiger partial charge is 0.481 e. The van der Waals surface area contributed by atoms with Crippen molar-refractivity contribution in [3.8, 4) is 11.1 Å². The van der Waals surface area contributed by atoms with Crippen molar-refractivity contribution >= 4 is 18.0 Å². The monoisotopic (exact) mass is 434 g/mol. The van der Waals surface area contributed by atoms with E-state index in [2.05, 4.69) is 29.6 Å². The molecule has 7 nitrogen and oxygen atoms in total. The average Bonchev–Trinajstić information content (AvgIpc) is 3.16. The van der Waals surface area contributed by atoms with Gasteiger partial charge in [0.1, 0.15) is 12.6 Å². The van der Waals surface area contributed by atoms with Crippen LogP contribution in [0, 0.1) is 17.8 Å². The Bertz CT molecular complexity index is 1030. The highest BCUT2D eigenvalue weighted by atomic mass is 16.5. The van der Waals surface area contributed by atoms with Crippen molar-refractivity contribution < 1.29 is 24.2 Å². The van der Waals surface area contributed by atoms with Crippen LogP contribution in [-0.4, -0.2) is 53.7 Å². The molecule has 0 radical (unpaired) electrons. The maximum absolute atomic E-state index is 12.9. The predicted molar refractivity (Wildman–Crippen MR) is 117 cm³/mol. The second-order valence-electron chi connectivity index (χ2n) is 8.87. The molecule has 2 fully saturated rings. The maximum atomic E-state index is 12.9. The Balaban J connectivity index is 1.19. The van der Waals surface area contributed by atoms with Crippen LogP contribution in [0.5, 0.6) is 0 Å². The van der Waals surface area contributed by atoms with Crippen LogP contribution >= 0.6 is 0 Å². The Kier molecular flexibility index (Phi) is 5.12. The van der Waals surface area contributed by atoms with E-state index in [1.807, 2.05) is 31.2 Å². The molecule has 166 valence electrons. The number of benzene rings is 2. The molecule has 1 heterocycles. The molecule has 0 spiro atoms. The number of carbonyl (C=O) groups excluding carboxylic acids is 2. The fourth-order valence-corrected chi connectivity index (χ4v) is 5.41. The number of carbonyl (C=O) groups is 3. The first-order valence-electron chi connectivity index (χ1n) is 11.1. The maximum Gasteiger partial charge on any atom is 0.407 e. The number of alkyl carbamates (subject to hydrolysis) is 1. The molecule has 3 aliphatic rings. The van der Waals surface area contributed by atoms with Gasteiger partial charge in [0.15, 0.2) is 0 Å². The third-order valence-electron chi connectivity index (χ3n) is 7.13. The Morgan fingerprint density at radius 2 is 1.59 bits per heavy atom. The second kappa shape index (κ2) is 7.97. The lowest BCUT2D eigenvalue weighted by Gasteiger charge is -2.25. The van der Waals surface area contributed by atoms with E-state index in [9.17, 15) is 14.4 Å². The van der Waals surface area contributed by atoms with Crippen LogP contribution in [0.1, 0.15) is 30.4 Å². The Labute approximate surface area is 186 Å². The predicted octanol–water partition coefficient (Wildman–Crippen LogP) is 3.09. The number of nitrogens with zero attached hydrogens (tertiary/aromatic N) is 1. The van der Waals surface area contributed by atoms with Gasteiger partial charge in [-0.1, -0.05) is 55.5 Å². The highest BCUT2D eigenvalue weighted by molar-refractivity contribution is 5.87. The number of rotatable bonds is 6. The molecular weight excluding hydrogens is 408 g/mol. The lowest BCUT2D eigenvalue weighted by atomic mass is 9.98. The van der Waals surface area contributed by atoms with E-state index in [0.29, 0.717) is 19.5 Å². The average molecular weight is 434 g/mol.